The van der Waals surface area contributed by atoms with Crippen molar-refractivity contribution in [2.24, 2.45) is 0 Å². The Hall–Kier alpha value is -2.49. The maximum atomic E-state index is 11.0. The number of carboxylic acid groups (broad SMARTS) is 1. The van der Waals surface area contributed by atoms with Gasteiger partial charge in [-0.1, -0.05) is 12.1 Å². The molecule has 104 valence electrons. The summed E-state index contributed by atoms with van der Waals surface area (Å²) in [6.07, 6.45) is 0.0876. The summed E-state index contributed by atoms with van der Waals surface area (Å²) >= 11 is 0. The second kappa shape index (κ2) is 5.65. The predicted octanol–water partition coefficient (Wildman–Crippen LogP) is 3.54. The normalized spacial score (nSPS) is 10.6. The summed E-state index contributed by atoms with van der Waals surface area (Å²) in [5, 5.41) is 18.8. The van der Waals surface area contributed by atoms with Crippen molar-refractivity contribution in [2.45, 2.75) is 20.0 Å². The van der Waals surface area contributed by atoms with Crippen LogP contribution in [0, 0.1) is 0 Å². The van der Waals surface area contributed by atoms with E-state index in [1.165, 1.54) is 18.2 Å². The maximum Gasteiger partial charge on any atom is 0.335 e. The molecule has 0 unspecified atom stereocenters. The summed E-state index contributed by atoms with van der Waals surface area (Å²) in [6, 6.07) is 11.4. The molecular formula is C16H16O4. The zero-order valence-corrected chi connectivity index (χ0v) is 11.3. The lowest BCUT2D eigenvalue weighted by atomic mass is 10.0. The zero-order valence-electron chi connectivity index (χ0n) is 11.3. The van der Waals surface area contributed by atoms with Crippen molar-refractivity contribution in [1.82, 2.24) is 0 Å². The average molecular weight is 272 g/mol. The molecule has 2 aromatic carbocycles. The van der Waals surface area contributed by atoms with Gasteiger partial charge in [0, 0.05) is 5.56 Å². The molecule has 0 aliphatic carbocycles. The van der Waals surface area contributed by atoms with Gasteiger partial charge in [0.15, 0.2) is 0 Å². The number of phenolic OH excluding ortho intramolecular Hbond substituents is 1. The number of aromatic carboxylic acids is 1. The van der Waals surface area contributed by atoms with Crippen molar-refractivity contribution < 1.29 is 19.7 Å². The minimum Gasteiger partial charge on any atom is -0.507 e. The van der Waals surface area contributed by atoms with E-state index in [-0.39, 0.29) is 17.4 Å². The van der Waals surface area contributed by atoms with Crippen LogP contribution in [0.2, 0.25) is 0 Å². The number of ether oxygens (including phenoxy) is 1. The van der Waals surface area contributed by atoms with Gasteiger partial charge in [-0.2, -0.15) is 0 Å². The molecule has 0 aliphatic rings. The minimum atomic E-state index is -1.02. The minimum absolute atomic E-state index is 0.0486. The Bertz CT molecular complexity index is 615. The highest BCUT2D eigenvalue weighted by atomic mass is 16.5. The SMILES string of the molecule is CC(C)Oc1ccc(-c2cc(C(=O)O)ccc2O)cc1. The van der Waals surface area contributed by atoms with E-state index in [9.17, 15) is 9.90 Å². The monoisotopic (exact) mass is 272 g/mol. The molecule has 0 saturated carbocycles. The van der Waals surface area contributed by atoms with Crippen LogP contribution in [0.1, 0.15) is 24.2 Å². The van der Waals surface area contributed by atoms with Gasteiger partial charge in [0.1, 0.15) is 11.5 Å². The number of benzene rings is 2. The Kier molecular flexibility index (Phi) is 3.94. The van der Waals surface area contributed by atoms with Gasteiger partial charge in [0.05, 0.1) is 11.7 Å². The Morgan fingerprint density at radius 1 is 1.10 bits per heavy atom. The third-order valence-electron chi connectivity index (χ3n) is 2.78. The molecule has 0 heterocycles. The summed E-state index contributed by atoms with van der Waals surface area (Å²) in [7, 11) is 0. The van der Waals surface area contributed by atoms with Crippen LogP contribution in [0.15, 0.2) is 42.5 Å². The summed E-state index contributed by atoms with van der Waals surface area (Å²) in [5.74, 6) is -0.240. The fourth-order valence-electron chi connectivity index (χ4n) is 1.89. The van der Waals surface area contributed by atoms with E-state index in [1.807, 2.05) is 13.8 Å². The number of aromatic hydroxyl groups is 1. The van der Waals surface area contributed by atoms with E-state index in [0.29, 0.717) is 5.56 Å². The second-order valence-electron chi connectivity index (χ2n) is 4.73. The molecule has 0 aromatic heterocycles. The number of rotatable bonds is 4. The first kappa shape index (κ1) is 13.9. The third-order valence-corrected chi connectivity index (χ3v) is 2.78. The van der Waals surface area contributed by atoms with E-state index in [1.54, 1.807) is 24.3 Å². The van der Waals surface area contributed by atoms with Crippen molar-refractivity contribution >= 4 is 5.97 Å². The van der Waals surface area contributed by atoms with Crippen LogP contribution in [-0.4, -0.2) is 22.3 Å². The molecule has 0 spiro atoms. The van der Waals surface area contributed by atoms with Gasteiger partial charge in [-0.3, -0.25) is 0 Å². The standard InChI is InChI=1S/C16H16O4/c1-10(2)20-13-6-3-11(4-7-13)14-9-12(16(18)19)5-8-15(14)17/h3-10,17H,1-2H3,(H,18,19). The molecule has 0 amide bonds. The molecule has 2 N–H and O–H groups in total. The number of hydrogen-bond donors (Lipinski definition) is 2. The van der Waals surface area contributed by atoms with Crippen molar-refractivity contribution in [3.05, 3.63) is 48.0 Å². The van der Waals surface area contributed by atoms with E-state index in [0.717, 1.165) is 11.3 Å². The highest BCUT2D eigenvalue weighted by molar-refractivity contribution is 5.90. The molecule has 0 saturated heterocycles. The smallest absolute Gasteiger partial charge is 0.335 e. The topological polar surface area (TPSA) is 66.8 Å². The molecule has 20 heavy (non-hydrogen) atoms. The Labute approximate surface area is 117 Å². The fraction of sp³-hybridized carbons (Fsp3) is 0.188. The Morgan fingerprint density at radius 2 is 1.75 bits per heavy atom. The van der Waals surface area contributed by atoms with Gasteiger partial charge >= 0.3 is 5.97 Å². The molecule has 2 aromatic rings. The Morgan fingerprint density at radius 3 is 2.30 bits per heavy atom. The van der Waals surface area contributed by atoms with E-state index in [2.05, 4.69) is 0 Å². The van der Waals surface area contributed by atoms with Crippen LogP contribution >= 0.6 is 0 Å². The summed E-state index contributed by atoms with van der Waals surface area (Å²) < 4.78 is 5.54. The van der Waals surface area contributed by atoms with Crippen LogP contribution in [0.4, 0.5) is 0 Å². The lowest BCUT2D eigenvalue weighted by Gasteiger charge is -2.11. The molecule has 2 rings (SSSR count). The van der Waals surface area contributed by atoms with Gasteiger partial charge in [0.25, 0.3) is 0 Å². The summed E-state index contributed by atoms with van der Waals surface area (Å²) in [4.78, 5) is 11.0. The van der Waals surface area contributed by atoms with Gasteiger partial charge in [-0.25, -0.2) is 4.79 Å². The van der Waals surface area contributed by atoms with Gasteiger partial charge in [-0.05, 0) is 49.7 Å². The van der Waals surface area contributed by atoms with E-state index < -0.39 is 5.97 Å². The molecule has 0 fully saturated rings. The molecular weight excluding hydrogens is 256 g/mol. The molecule has 4 heteroatoms. The summed E-state index contributed by atoms with van der Waals surface area (Å²) in [5.41, 5.74) is 1.36. The van der Waals surface area contributed by atoms with Crippen LogP contribution in [-0.2, 0) is 0 Å². The first-order valence-electron chi connectivity index (χ1n) is 6.31. The lowest BCUT2D eigenvalue weighted by Crippen LogP contribution is -2.05. The largest absolute Gasteiger partial charge is 0.507 e. The number of carboxylic acids is 1. The molecule has 0 atom stereocenters. The third kappa shape index (κ3) is 3.09. The fourth-order valence-corrected chi connectivity index (χ4v) is 1.89. The average Bonchev–Trinajstić information content (AvgIpc) is 2.39. The first-order chi connectivity index (χ1) is 9.47. The zero-order chi connectivity index (χ0) is 14.7. The van der Waals surface area contributed by atoms with Crippen molar-refractivity contribution in [2.75, 3.05) is 0 Å². The Balaban J connectivity index is 2.36. The number of hydrogen-bond acceptors (Lipinski definition) is 3. The van der Waals surface area contributed by atoms with Crippen LogP contribution in [0.3, 0.4) is 0 Å². The van der Waals surface area contributed by atoms with Gasteiger partial charge < -0.3 is 14.9 Å². The molecule has 0 bridgehead atoms. The predicted molar refractivity (Wildman–Crippen MR) is 76.3 cm³/mol. The quantitative estimate of drug-likeness (QED) is 0.893. The van der Waals surface area contributed by atoms with E-state index >= 15 is 0 Å². The highest BCUT2D eigenvalue weighted by Crippen LogP contribution is 2.31. The van der Waals surface area contributed by atoms with Gasteiger partial charge in [0.2, 0.25) is 0 Å². The molecule has 0 aliphatic heterocycles. The van der Waals surface area contributed by atoms with Crippen molar-refractivity contribution in [3.63, 3.8) is 0 Å². The highest BCUT2D eigenvalue weighted by Gasteiger charge is 2.10. The first-order valence-corrected chi connectivity index (χ1v) is 6.31. The maximum absolute atomic E-state index is 11.0. The number of carbonyl (C=O) groups is 1. The van der Waals surface area contributed by atoms with Crippen LogP contribution in [0.5, 0.6) is 11.5 Å². The molecule has 0 radical (unpaired) electrons. The number of phenols is 1. The van der Waals surface area contributed by atoms with Crippen molar-refractivity contribution in [1.29, 1.82) is 0 Å². The van der Waals surface area contributed by atoms with E-state index in [4.69, 9.17) is 9.84 Å². The lowest BCUT2D eigenvalue weighted by molar-refractivity contribution is 0.0697. The van der Waals surface area contributed by atoms with Gasteiger partial charge in [-0.15, -0.1) is 0 Å². The summed E-state index contributed by atoms with van der Waals surface area (Å²) in [6.45, 7) is 3.88. The van der Waals surface area contributed by atoms with Crippen LogP contribution in [0.25, 0.3) is 11.1 Å². The second-order valence-corrected chi connectivity index (χ2v) is 4.73. The van der Waals surface area contributed by atoms with Crippen LogP contribution < -0.4 is 4.74 Å². The van der Waals surface area contributed by atoms with Crippen molar-refractivity contribution in [3.8, 4) is 22.6 Å². The molecule has 4 nitrogen and oxygen atoms in total.